The van der Waals surface area contributed by atoms with Crippen LogP contribution >= 0.6 is 24.0 Å². The van der Waals surface area contributed by atoms with Crippen LogP contribution in [0, 0.1) is 5.92 Å². The molecular weight excluding hydrogens is 455 g/mol. The molecule has 1 fully saturated rings. The summed E-state index contributed by atoms with van der Waals surface area (Å²) < 4.78 is 7.35. The molecule has 1 aromatic rings. The summed E-state index contributed by atoms with van der Waals surface area (Å²) in [7, 11) is 1.95. The van der Waals surface area contributed by atoms with Crippen molar-refractivity contribution >= 4 is 29.9 Å². The molecule has 1 aliphatic rings. The third kappa shape index (κ3) is 9.25. The summed E-state index contributed by atoms with van der Waals surface area (Å²) in [5.74, 6) is 1.57. The summed E-state index contributed by atoms with van der Waals surface area (Å²) in [6.07, 6.45) is 6.08. The molecule has 1 saturated heterocycles. The van der Waals surface area contributed by atoms with Gasteiger partial charge in [0.25, 0.3) is 0 Å². The molecule has 27 heavy (non-hydrogen) atoms. The maximum Gasteiger partial charge on any atom is 0.191 e. The zero-order chi connectivity index (χ0) is 18.8. The molecule has 0 amide bonds. The molecule has 0 radical (unpaired) electrons. The topological polar surface area (TPSA) is 66.7 Å². The summed E-state index contributed by atoms with van der Waals surface area (Å²) in [5, 5.41) is 11.0. The van der Waals surface area contributed by atoms with E-state index in [-0.39, 0.29) is 24.0 Å². The Hall–Kier alpha value is -0.870. The van der Waals surface area contributed by atoms with Crippen LogP contribution < -0.4 is 10.6 Å². The molecule has 0 bridgehead atoms. The van der Waals surface area contributed by atoms with E-state index in [0.717, 1.165) is 58.3 Å². The zero-order valence-electron chi connectivity index (χ0n) is 17.3. The molecule has 0 aliphatic carbocycles. The normalized spacial score (nSPS) is 16.9. The van der Waals surface area contributed by atoms with Crippen molar-refractivity contribution in [2.75, 3.05) is 45.9 Å². The maximum absolute atomic E-state index is 5.51. The fourth-order valence-electron chi connectivity index (χ4n) is 3.29. The lowest BCUT2D eigenvalue weighted by Crippen LogP contribution is -2.46. The van der Waals surface area contributed by atoms with E-state index < -0.39 is 0 Å². The van der Waals surface area contributed by atoms with Crippen molar-refractivity contribution in [1.29, 1.82) is 0 Å². The summed E-state index contributed by atoms with van der Waals surface area (Å²) in [6.45, 7) is 12.9. The Morgan fingerprint density at radius 1 is 1.30 bits per heavy atom. The van der Waals surface area contributed by atoms with E-state index in [0.29, 0.717) is 12.0 Å². The van der Waals surface area contributed by atoms with Crippen LogP contribution in [0.15, 0.2) is 17.4 Å². The van der Waals surface area contributed by atoms with E-state index >= 15 is 0 Å². The Balaban J connectivity index is 0.00000364. The molecule has 1 unspecified atom stereocenters. The Morgan fingerprint density at radius 3 is 2.63 bits per heavy atom. The predicted octanol–water partition coefficient (Wildman–Crippen LogP) is 1.88. The SMILES string of the molecule is CCNC(=NCC(CC(C)C)N1CCOCC1)NCCc1cnn(C)c1.I. The molecule has 2 N–H and O–H groups in total. The monoisotopic (exact) mass is 492 g/mol. The summed E-state index contributed by atoms with van der Waals surface area (Å²) >= 11 is 0. The second kappa shape index (κ2) is 13.3. The first kappa shape index (κ1) is 24.2. The Labute approximate surface area is 181 Å². The first-order valence-corrected chi connectivity index (χ1v) is 9.90. The minimum Gasteiger partial charge on any atom is -0.379 e. The third-order valence-electron chi connectivity index (χ3n) is 4.57. The standard InChI is InChI=1S/C19H36N6O.HI/c1-5-20-19(21-7-6-17-13-23-24(4)15-17)22-14-18(12-16(2)3)25-8-10-26-11-9-25;/h13,15-16,18H,5-12,14H2,1-4H3,(H2,20,21,22);1H. The number of aryl methyl sites for hydroxylation is 1. The Bertz CT molecular complexity index is 542. The Morgan fingerprint density at radius 2 is 2.04 bits per heavy atom. The zero-order valence-corrected chi connectivity index (χ0v) is 19.6. The van der Waals surface area contributed by atoms with Gasteiger partial charge in [-0.1, -0.05) is 13.8 Å². The van der Waals surface area contributed by atoms with E-state index in [1.54, 1.807) is 0 Å². The third-order valence-corrected chi connectivity index (χ3v) is 4.57. The average molecular weight is 492 g/mol. The molecule has 7 nitrogen and oxygen atoms in total. The quantitative estimate of drug-likeness (QED) is 0.313. The fourth-order valence-corrected chi connectivity index (χ4v) is 3.29. The molecule has 2 heterocycles. The molecule has 0 spiro atoms. The number of nitrogens with one attached hydrogen (secondary N) is 2. The van der Waals surface area contributed by atoms with Crippen LogP contribution in [-0.4, -0.2) is 72.6 Å². The second-order valence-corrected chi connectivity index (χ2v) is 7.35. The lowest BCUT2D eigenvalue weighted by Gasteiger charge is -2.34. The Kier molecular flexibility index (Phi) is 11.9. The lowest BCUT2D eigenvalue weighted by molar-refractivity contribution is 0.0143. The number of aliphatic imine (C=N–C) groups is 1. The lowest BCUT2D eigenvalue weighted by atomic mass is 10.0. The number of nitrogens with zero attached hydrogens (tertiary/aromatic N) is 4. The number of ether oxygens (including phenoxy) is 1. The molecule has 156 valence electrons. The van der Waals surface area contributed by atoms with Crippen LogP contribution in [0.1, 0.15) is 32.8 Å². The second-order valence-electron chi connectivity index (χ2n) is 7.35. The van der Waals surface area contributed by atoms with Crippen LogP contribution in [-0.2, 0) is 18.2 Å². The van der Waals surface area contributed by atoms with Gasteiger partial charge in [0.2, 0.25) is 0 Å². The highest BCUT2D eigenvalue weighted by Gasteiger charge is 2.21. The fraction of sp³-hybridized carbons (Fsp3) is 0.789. The van der Waals surface area contributed by atoms with Gasteiger partial charge in [-0.05, 0) is 31.2 Å². The highest BCUT2D eigenvalue weighted by Crippen LogP contribution is 2.14. The highest BCUT2D eigenvalue weighted by atomic mass is 127. The average Bonchev–Trinajstić information content (AvgIpc) is 3.04. The van der Waals surface area contributed by atoms with Gasteiger partial charge in [-0.15, -0.1) is 24.0 Å². The number of halogens is 1. The number of hydrogen-bond donors (Lipinski definition) is 2. The van der Waals surface area contributed by atoms with Gasteiger partial charge in [0, 0.05) is 45.5 Å². The number of aromatic nitrogens is 2. The maximum atomic E-state index is 5.51. The summed E-state index contributed by atoms with van der Waals surface area (Å²) in [5.41, 5.74) is 1.24. The molecular formula is C19H37IN6O. The van der Waals surface area contributed by atoms with Crippen molar-refractivity contribution in [2.45, 2.75) is 39.7 Å². The van der Waals surface area contributed by atoms with Gasteiger partial charge in [0.1, 0.15) is 0 Å². The van der Waals surface area contributed by atoms with Crippen LogP contribution in [0.2, 0.25) is 0 Å². The van der Waals surface area contributed by atoms with Gasteiger partial charge >= 0.3 is 0 Å². The first-order valence-electron chi connectivity index (χ1n) is 9.90. The highest BCUT2D eigenvalue weighted by molar-refractivity contribution is 14.0. The van der Waals surface area contributed by atoms with Crippen LogP contribution in [0.5, 0.6) is 0 Å². The summed E-state index contributed by atoms with van der Waals surface area (Å²) in [4.78, 5) is 7.40. The number of guanidine groups is 1. The molecule has 1 aromatic heterocycles. The van der Waals surface area contributed by atoms with Crippen molar-refractivity contribution in [3.05, 3.63) is 18.0 Å². The number of morpholine rings is 1. The van der Waals surface area contributed by atoms with Gasteiger partial charge in [0.05, 0.1) is 26.0 Å². The van der Waals surface area contributed by atoms with Crippen LogP contribution in [0.25, 0.3) is 0 Å². The van der Waals surface area contributed by atoms with E-state index in [4.69, 9.17) is 9.73 Å². The van der Waals surface area contributed by atoms with Crippen molar-refractivity contribution in [2.24, 2.45) is 18.0 Å². The van der Waals surface area contributed by atoms with E-state index in [1.807, 2.05) is 17.9 Å². The number of hydrogen-bond acceptors (Lipinski definition) is 4. The van der Waals surface area contributed by atoms with Crippen molar-refractivity contribution in [3.63, 3.8) is 0 Å². The van der Waals surface area contributed by atoms with Gasteiger partial charge in [-0.25, -0.2) is 0 Å². The van der Waals surface area contributed by atoms with E-state index in [2.05, 4.69) is 47.6 Å². The van der Waals surface area contributed by atoms with Crippen molar-refractivity contribution in [1.82, 2.24) is 25.3 Å². The summed E-state index contributed by atoms with van der Waals surface area (Å²) in [6, 6.07) is 0.479. The van der Waals surface area contributed by atoms with Gasteiger partial charge < -0.3 is 15.4 Å². The number of rotatable bonds is 9. The van der Waals surface area contributed by atoms with Gasteiger partial charge in [-0.3, -0.25) is 14.6 Å². The van der Waals surface area contributed by atoms with Gasteiger partial charge in [-0.2, -0.15) is 5.10 Å². The predicted molar refractivity (Wildman–Crippen MR) is 122 cm³/mol. The van der Waals surface area contributed by atoms with Crippen molar-refractivity contribution < 1.29 is 4.74 Å². The molecule has 0 aromatic carbocycles. The molecule has 8 heteroatoms. The first-order chi connectivity index (χ1) is 12.6. The molecule has 1 atom stereocenters. The van der Waals surface area contributed by atoms with Crippen molar-refractivity contribution in [3.8, 4) is 0 Å². The van der Waals surface area contributed by atoms with E-state index in [9.17, 15) is 0 Å². The molecule has 1 aliphatic heterocycles. The molecule has 2 rings (SSSR count). The molecule has 0 saturated carbocycles. The largest absolute Gasteiger partial charge is 0.379 e. The smallest absolute Gasteiger partial charge is 0.191 e. The minimum atomic E-state index is 0. The van der Waals surface area contributed by atoms with Crippen LogP contribution in [0.3, 0.4) is 0 Å². The minimum absolute atomic E-state index is 0. The van der Waals surface area contributed by atoms with Crippen LogP contribution in [0.4, 0.5) is 0 Å². The van der Waals surface area contributed by atoms with E-state index in [1.165, 1.54) is 12.0 Å². The van der Waals surface area contributed by atoms with Gasteiger partial charge in [0.15, 0.2) is 5.96 Å².